The lowest BCUT2D eigenvalue weighted by Gasteiger charge is -2.30. The number of hydrogen-bond donors (Lipinski definition) is 1. The normalized spacial score (nSPS) is 17.4. The maximum absolute atomic E-state index is 5.63. The Morgan fingerprint density at radius 1 is 1.28 bits per heavy atom. The van der Waals surface area contributed by atoms with Crippen LogP contribution < -0.4 is 5.32 Å². The molecule has 2 heteroatoms. The second-order valence-electron chi connectivity index (χ2n) is 5.03. The van der Waals surface area contributed by atoms with E-state index in [1.54, 1.807) is 0 Å². The molecule has 1 N–H and O–H groups in total. The Balaban J connectivity index is 2.16. The third-order valence-electron chi connectivity index (χ3n) is 3.86. The molecule has 2 rings (SSSR count). The van der Waals surface area contributed by atoms with Crippen molar-refractivity contribution >= 4 is 0 Å². The Labute approximate surface area is 111 Å². The monoisotopic (exact) mass is 247 g/mol. The molecule has 1 aromatic carbocycles. The van der Waals surface area contributed by atoms with Crippen LogP contribution in [-0.2, 0) is 4.74 Å². The molecule has 1 aliphatic carbocycles. The highest BCUT2D eigenvalue weighted by Crippen LogP contribution is 2.39. The van der Waals surface area contributed by atoms with E-state index < -0.39 is 0 Å². The number of nitrogens with one attached hydrogen (secondary N) is 1. The second-order valence-corrected chi connectivity index (χ2v) is 5.03. The van der Waals surface area contributed by atoms with Crippen molar-refractivity contribution in [2.75, 3.05) is 19.8 Å². The van der Waals surface area contributed by atoms with E-state index in [0.29, 0.717) is 6.04 Å². The van der Waals surface area contributed by atoms with Gasteiger partial charge in [-0.05, 0) is 43.4 Å². The first-order valence-corrected chi connectivity index (χ1v) is 7.26. The molecule has 1 fully saturated rings. The van der Waals surface area contributed by atoms with Gasteiger partial charge in [-0.15, -0.1) is 0 Å². The highest BCUT2D eigenvalue weighted by molar-refractivity contribution is 5.34. The third-order valence-corrected chi connectivity index (χ3v) is 3.86. The highest BCUT2D eigenvalue weighted by atomic mass is 16.5. The van der Waals surface area contributed by atoms with Crippen molar-refractivity contribution in [3.63, 3.8) is 0 Å². The minimum Gasteiger partial charge on any atom is -0.380 e. The van der Waals surface area contributed by atoms with E-state index in [1.807, 2.05) is 0 Å². The smallest absolute Gasteiger partial charge is 0.0661 e. The van der Waals surface area contributed by atoms with Gasteiger partial charge in [-0.25, -0.2) is 0 Å². The van der Waals surface area contributed by atoms with Gasteiger partial charge in [0.1, 0.15) is 0 Å². The maximum Gasteiger partial charge on any atom is 0.0661 e. The standard InChI is InChI=1S/C16H25NO/c1-3-17-16(12-18-4-2)15-11-6-5-10-14(15)13-8-7-9-13/h5-6,10-11,13,16-17H,3-4,7-9,12H2,1-2H3. The van der Waals surface area contributed by atoms with Crippen LogP contribution in [0.4, 0.5) is 0 Å². The molecule has 1 aromatic rings. The van der Waals surface area contributed by atoms with E-state index in [2.05, 4.69) is 43.4 Å². The molecule has 0 heterocycles. The van der Waals surface area contributed by atoms with Gasteiger partial charge in [0.25, 0.3) is 0 Å². The molecule has 2 nitrogen and oxygen atoms in total. The summed E-state index contributed by atoms with van der Waals surface area (Å²) in [5, 5.41) is 3.55. The van der Waals surface area contributed by atoms with Crippen LogP contribution in [0, 0.1) is 0 Å². The average Bonchev–Trinajstić information content (AvgIpc) is 2.33. The number of hydrogen-bond acceptors (Lipinski definition) is 2. The Hall–Kier alpha value is -0.860. The molecule has 0 bridgehead atoms. The molecule has 0 radical (unpaired) electrons. The molecule has 1 saturated carbocycles. The number of benzene rings is 1. The van der Waals surface area contributed by atoms with Gasteiger partial charge in [-0.1, -0.05) is 37.6 Å². The van der Waals surface area contributed by atoms with Crippen molar-refractivity contribution in [1.29, 1.82) is 0 Å². The number of likely N-dealkylation sites (N-methyl/N-ethyl adjacent to an activating group) is 1. The summed E-state index contributed by atoms with van der Waals surface area (Å²) in [5.74, 6) is 0.781. The molecule has 0 spiro atoms. The van der Waals surface area contributed by atoms with Crippen molar-refractivity contribution in [3.8, 4) is 0 Å². The van der Waals surface area contributed by atoms with Crippen molar-refractivity contribution in [2.24, 2.45) is 0 Å². The van der Waals surface area contributed by atoms with Crippen molar-refractivity contribution < 1.29 is 4.74 Å². The zero-order chi connectivity index (χ0) is 12.8. The fraction of sp³-hybridized carbons (Fsp3) is 0.625. The van der Waals surface area contributed by atoms with Gasteiger partial charge in [0.05, 0.1) is 12.6 Å². The molecule has 0 saturated heterocycles. The minimum absolute atomic E-state index is 0.340. The largest absolute Gasteiger partial charge is 0.380 e. The van der Waals surface area contributed by atoms with Crippen LogP contribution in [0.2, 0.25) is 0 Å². The van der Waals surface area contributed by atoms with Crippen LogP contribution in [0.3, 0.4) is 0 Å². The first-order chi connectivity index (χ1) is 8.86. The average molecular weight is 247 g/mol. The summed E-state index contributed by atoms with van der Waals surface area (Å²) in [4.78, 5) is 0. The van der Waals surface area contributed by atoms with E-state index in [9.17, 15) is 0 Å². The predicted molar refractivity (Wildman–Crippen MR) is 75.9 cm³/mol. The van der Waals surface area contributed by atoms with Crippen LogP contribution in [0.25, 0.3) is 0 Å². The zero-order valence-corrected chi connectivity index (χ0v) is 11.6. The zero-order valence-electron chi connectivity index (χ0n) is 11.6. The van der Waals surface area contributed by atoms with E-state index in [-0.39, 0.29) is 0 Å². The SMILES string of the molecule is CCNC(COCC)c1ccccc1C1CCC1. The summed E-state index contributed by atoms with van der Waals surface area (Å²) in [5.41, 5.74) is 2.98. The highest BCUT2D eigenvalue weighted by Gasteiger charge is 2.24. The fourth-order valence-corrected chi connectivity index (χ4v) is 2.66. The van der Waals surface area contributed by atoms with E-state index >= 15 is 0 Å². The maximum atomic E-state index is 5.63. The van der Waals surface area contributed by atoms with Crippen molar-refractivity contribution in [3.05, 3.63) is 35.4 Å². The van der Waals surface area contributed by atoms with Crippen LogP contribution >= 0.6 is 0 Å². The fourth-order valence-electron chi connectivity index (χ4n) is 2.66. The Morgan fingerprint density at radius 3 is 2.67 bits per heavy atom. The lowest BCUT2D eigenvalue weighted by molar-refractivity contribution is 0.123. The predicted octanol–water partition coefficient (Wildman–Crippen LogP) is 3.64. The van der Waals surface area contributed by atoms with Crippen molar-refractivity contribution in [1.82, 2.24) is 5.32 Å². The summed E-state index contributed by atoms with van der Waals surface area (Å²) in [6, 6.07) is 9.22. The van der Waals surface area contributed by atoms with Gasteiger partial charge in [-0.3, -0.25) is 0 Å². The van der Waals surface area contributed by atoms with Crippen LogP contribution in [0.1, 0.15) is 56.2 Å². The first kappa shape index (κ1) is 13.6. The topological polar surface area (TPSA) is 21.3 Å². The molecule has 0 aliphatic heterocycles. The molecule has 1 unspecified atom stereocenters. The van der Waals surface area contributed by atoms with Gasteiger partial charge >= 0.3 is 0 Å². The van der Waals surface area contributed by atoms with E-state index in [1.165, 1.54) is 30.4 Å². The van der Waals surface area contributed by atoms with Gasteiger partial charge in [-0.2, -0.15) is 0 Å². The van der Waals surface area contributed by atoms with Crippen molar-refractivity contribution in [2.45, 2.75) is 45.1 Å². The molecular formula is C16H25NO. The molecule has 18 heavy (non-hydrogen) atoms. The Morgan fingerprint density at radius 2 is 2.06 bits per heavy atom. The van der Waals surface area contributed by atoms with Gasteiger partial charge in [0.2, 0.25) is 0 Å². The third kappa shape index (κ3) is 3.12. The lowest BCUT2D eigenvalue weighted by atomic mass is 9.77. The summed E-state index contributed by atoms with van der Waals surface area (Å²) in [7, 11) is 0. The number of ether oxygens (including phenoxy) is 1. The van der Waals surface area contributed by atoms with E-state index in [4.69, 9.17) is 4.74 Å². The van der Waals surface area contributed by atoms with Crippen LogP contribution in [-0.4, -0.2) is 19.8 Å². The quantitative estimate of drug-likeness (QED) is 0.794. The molecular weight excluding hydrogens is 222 g/mol. The molecule has 0 amide bonds. The van der Waals surface area contributed by atoms with E-state index in [0.717, 1.165) is 25.7 Å². The summed E-state index contributed by atoms with van der Waals surface area (Å²) in [6.07, 6.45) is 4.09. The van der Waals surface area contributed by atoms with Crippen LogP contribution in [0.15, 0.2) is 24.3 Å². The summed E-state index contributed by atoms with van der Waals surface area (Å²) < 4.78 is 5.63. The Kier molecular flexibility index (Phi) is 5.21. The first-order valence-electron chi connectivity index (χ1n) is 7.26. The van der Waals surface area contributed by atoms with Gasteiger partial charge in [0.15, 0.2) is 0 Å². The second kappa shape index (κ2) is 6.91. The summed E-state index contributed by atoms with van der Waals surface area (Å²) in [6.45, 7) is 6.75. The molecule has 1 atom stereocenters. The summed E-state index contributed by atoms with van der Waals surface area (Å²) >= 11 is 0. The molecule has 1 aliphatic rings. The number of rotatable bonds is 7. The van der Waals surface area contributed by atoms with Gasteiger partial charge < -0.3 is 10.1 Å². The minimum atomic E-state index is 0.340. The lowest BCUT2D eigenvalue weighted by Crippen LogP contribution is -2.27. The van der Waals surface area contributed by atoms with Gasteiger partial charge in [0, 0.05) is 6.61 Å². The molecule has 100 valence electrons. The molecule has 0 aromatic heterocycles. The van der Waals surface area contributed by atoms with Crippen LogP contribution in [0.5, 0.6) is 0 Å². The Bertz CT molecular complexity index is 360.